The first kappa shape index (κ1) is 25.0. The number of para-hydroxylation sites is 1. The van der Waals surface area contributed by atoms with E-state index in [1.54, 1.807) is 28.0 Å². The molecule has 0 bridgehead atoms. The van der Waals surface area contributed by atoms with E-state index in [0.29, 0.717) is 29.2 Å². The molecule has 0 unspecified atom stereocenters. The monoisotopic (exact) mass is 484 g/mol. The van der Waals surface area contributed by atoms with Gasteiger partial charge in [-0.1, -0.05) is 49.4 Å². The Morgan fingerprint density at radius 3 is 2.61 bits per heavy atom. The lowest BCUT2D eigenvalue weighted by atomic mass is 10.0. The number of hydrogen-bond acceptors (Lipinski definition) is 5. The summed E-state index contributed by atoms with van der Waals surface area (Å²) in [5, 5.41) is 11.4. The average Bonchev–Trinajstić information content (AvgIpc) is 3.27. The number of aromatic nitrogens is 4. The molecule has 0 fully saturated rings. The van der Waals surface area contributed by atoms with Crippen LogP contribution in [0, 0.1) is 19.8 Å². The Balaban J connectivity index is 1.78. The number of hydrogen-bond donors (Lipinski definition) is 1. The maximum Gasteiger partial charge on any atom is 0.249 e. The number of nitrogens with zero attached hydrogens (tertiary/aromatic N) is 5. The van der Waals surface area contributed by atoms with E-state index in [4.69, 9.17) is 0 Å². The number of amides is 2. The molecule has 0 spiro atoms. The van der Waals surface area contributed by atoms with Gasteiger partial charge < -0.3 is 5.32 Å². The summed E-state index contributed by atoms with van der Waals surface area (Å²) in [5.41, 5.74) is 4.66. The van der Waals surface area contributed by atoms with E-state index < -0.39 is 6.04 Å². The molecular weight excluding hydrogens is 452 g/mol. The first-order chi connectivity index (χ1) is 17.3. The van der Waals surface area contributed by atoms with Gasteiger partial charge in [-0.3, -0.25) is 19.5 Å². The Morgan fingerprint density at radius 2 is 1.86 bits per heavy atom. The van der Waals surface area contributed by atoms with E-state index >= 15 is 0 Å². The third kappa shape index (κ3) is 5.59. The van der Waals surface area contributed by atoms with Gasteiger partial charge in [0.2, 0.25) is 11.8 Å². The van der Waals surface area contributed by atoms with Crippen LogP contribution in [0.15, 0.2) is 67.0 Å². The molecule has 2 heterocycles. The van der Waals surface area contributed by atoms with E-state index in [1.807, 2.05) is 62.4 Å². The second-order valence-electron chi connectivity index (χ2n) is 9.45. The lowest BCUT2D eigenvalue weighted by Crippen LogP contribution is -2.46. The van der Waals surface area contributed by atoms with Crippen molar-refractivity contribution in [2.75, 3.05) is 11.4 Å². The van der Waals surface area contributed by atoms with Crippen LogP contribution in [0.25, 0.3) is 11.0 Å². The lowest BCUT2D eigenvalue weighted by Gasteiger charge is -2.32. The topological polar surface area (TPSA) is 93.0 Å². The minimum atomic E-state index is -0.895. The molecule has 4 aromatic rings. The number of fused-ring (bicyclic) bond motifs is 1. The second-order valence-corrected chi connectivity index (χ2v) is 9.45. The Morgan fingerprint density at radius 1 is 1.06 bits per heavy atom. The summed E-state index contributed by atoms with van der Waals surface area (Å²) in [6.45, 7) is 8.59. The first-order valence-electron chi connectivity index (χ1n) is 12.2. The standard InChI is InChI=1S/C28H32N6O2/c1-19(2)13-15-30-28(36)27(22-8-7-14-29-17-22)34(25-16-20(3)11-12-21(25)4)26(35)18-33-24-10-6-5-9-23(24)31-32-33/h5-12,14,16-17,19,27H,13,15,18H2,1-4H3,(H,30,36)/t27-/m0/s1. The highest BCUT2D eigenvalue weighted by molar-refractivity contribution is 6.02. The van der Waals surface area contributed by atoms with Crippen molar-refractivity contribution in [3.8, 4) is 0 Å². The fourth-order valence-corrected chi connectivity index (χ4v) is 4.17. The molecule has 2 aromatic carbocycles. The normalized spacial score (nSPS) is 12.0. The van der Waals surface area contributed by atoms with Crippen molar-refractivity contribution in [3.05, 3.63) is 83.7 Å². The smallest absolute Gasteiger partial charge is 0.249 e. The van der Waals surface area contributed by atoms with E-state index in [2.05, 4.69) is 34.5 Å². The number of carbonyl (C=O) groups excluding carboxylic acids is 2. The Kier molecular flexibility index (Phi) is 7.73. The van der Waals surface area contributed by atoms with E-state index in [-0.39, 0.29) is 18.4 Å². The minimum Gasteiger partial charge on any atom is -0.354 e. The van der Waals surface area contributed by atoms with Crippen molar-refractivity contribution >= 4 is 28.5 Å². The van der Waals surface area contributed by atoms with Crippen LogP contribution in [0.3, 0.4) is 0 Å². The molecule has 36 heavy (non-hydrogen) atoms. The summed E-state index contributed by atoms with van der Waals surface area (Å²) in [6.07, 6.45) is 4.14. The van der Waals surface area contributed by atoms with Crippen LogP contribution in [0.4, 0.5) is 5.69 Å². The molecule has 8 nitrogen and oxygen atoms in total. The van der Waals surface area contributed by atoms with Gasteiger partial charge in [-0.25, -0.2) is 4.68 Å². The van der Waals surface area contributed by atoms with Gasteiger partial charge in [0.05, 0.1) is 5.52 Å². The number of aryl methyl sites for hydroxylation is 2. The summed E-state index contributed by atoms with van der Waals surface area (Å²) in [7, 11) is 0. The van der Waals surface area contributed by atoms with Crippen LogP contribution in [0.5, 0.6) is 0 Å². The number of nitrogens with one attached hydrogen (secondary N) is 1. The lowest BCUT2D eigenvalue weighted by molar-refractivity contribution is -0.127. The molecule has 0 radical (unpaired) electrons. The fraction of sp³-hybridized carbons (Fsp3) is 0.321. The molecule has 0 aliphatic heterocycles. The molecule has 8 heteroatoms. The maximum absolute atomic E-state index is 14.1. The maximum atomic E-state index is 14.1. The van der Waals surface area contributed by atoms with Gasteiger partial charge in [0, 0.05) is 30.2 Å². The van der Waals surface area contributed by atoms with Gasteiger partial charge in [-0.2, -0.15) is 0 Å². The molecule has 0 aliphatic rings. The third-order valence-electron chi connectivity index (χ3n) is 6.13. The quantitative estimate of drug-likeness (QED) is 0.381. The zero-order valence-electron chi connectivity index (χ0n) is 21.2. The summed E-state index contributed by atoms with van der Waals surface area (Å²) < 4.78 is 1.58. The predicted octanol–water partition coefficient (Wildman–Crippen LogP) is 4.38. The van der Waals surface area contributed by atoms with Gasteiger partial charge in [0.25, 0.3) is 0 Å². The van der Waals surface area contributed by atoms with Crippen LogP contribution in [-0.4, -0.2) is 38.3 Å². The SMILES string of the molecule is Cc1ccc(C)c(N(C(=O)Cn2nnc3ccccc32)[C@H](C(=O)NCCC(C)C)c2cccnc2)c1. The zero-order valence-corrected chi connectivity index (χ0v) is 21.2. The van der Waals surface area contributed by atoms with Crippen LogP contribution < -0.4 is 10.2 Å². The summed E-state index contributed by atoms with van der Waals surface area (Å²) in [4.78, 5) is 33.6. The zero-order chi connectivity index (χ0) is 25.7. The molecular formula is C28H32N6O2. The van der Waals surface area contributed by atoms with E-state index in [9.17, 15) is 9.59 Å². The van der Waals surface area contributed by atoms with Crippen molar-refractivity contribution in [1.29, 1.82) is 0 Å². The van der Waals surface area contributed by atoms with Gasteiger partial charge in [-0.05, 0) is 61.6 Å². The minimum absolute atomic E-state index is 0.0655. The van der Waals surface area contributed by atoms with Crippen LogP contribution >= 0.6 is 0 Å². The van der Waals surface area contributed by atoms with Crippen molar-refractivity contribution < 1.29 is 9.59 Å². The largest absolute Gasteiger partial charge is 0.354 e. The van der Waals surface area contributed by atoms with Crippen molar-refractivity contribution in [1.82, 2.24) is 25.3 Å². The van der Waals surface area contributed by atoms with Crippen molar-refractivity contribution in [2.24, 2.45) is 5.92 Å². The molecule has 186 valence electrons. The number of rotatable bonds is 9. The van der Waals surface area contributed by atoms with Crippen molar-refractivity contribution in [2.45, 2.75) is 46.7 Å². The van der Waals surface area contributed by atoms with Gasteiger partial charge in [-0.15, -0.1) is 5.10 Å². The number of carbonyl (C=O) groups is 2. The predicted molar refractivity (Wildman–Crippen MR) is 140 cm³/mol. The number of benzene rings is 2. The molecule has 0 aliphatic carbocycles. The first-order valence-corrected chi connectivity index (χ1v) is 12.2. The van der Waals surface area contributed by atoms with Crippen LogP contribution in [0.2, 0.25) is 0 Å². The molecule has 4 rings (SSSR count). The number of anilines is 1. The average molecular weight is 485 g/mol. The highest BCUT2D eigenvalue weighted by atomic mass is 16.2. The third-order valence-corrected chi connectivity index (χ3v) is 6.13. The molecule has 2 amide bonds. The number of pyridine rings is 1. The van der Waals surface area contributed by atoms with Gasteiger partial charge in [0.1, 0.15) is 18.1 Å². The summed E-state index contributed by atoms with van der Waals surface area (Å²) in [5.74, 6) is -0.0759. The second kappa shape index (κ2) is 11.1. The molecule has 0 saturated heterocycles. The fourth-order valence-electron chi connectivity index (χ4n) is 4.17. The molecule has 1 N–H and O–H groups in total. The van der Waals surface area contributed by atoms with Gasteiger partial charge >= 0.3 is 0 Å². The molecule has 1 atom stereocenters. The summed E-state index contributed by atoms with van der Waals surface area (Å²) >= 11 is 0. The van der Waals surface area contributed by atoms with E-state index in [0.717, 1.165) is 23.1 Å². The summed E-state index contributed by atoms with van der Waals surface area (Å²) in [6, 6.07) is 16.1. The van der Waals surface area contributed by atoms with E-state index in [1.165, 1.54) is 0 Å². The Labute approximate surface area is 211 Å². The van der Waals surface area contributed by atoms with Crippen LogP contribution in [-0.2, 0) is 16.1 Å². The highest BCUT2D eigenvalue weighted by Gasteiger charge is 2.34. The van der Waals surface area contributed by atoms with Gasteiger partial charge in [0.15, 0.2) is 0 Å². The Bertz CT molecular complexity index is 1350. The Hall–Kier alpha value is -4.07. The van der Waals surface area contributed by atoms with Crippen molar-refractivity contribution in [3.63, 3.8) is 0 Å². The molecule has 2 aromatic heterocycles. The molecule has 0 saturated carbocycles. The van der Waals surface area contributed by atoms with Crippen LogP contribution in [0.1, 0.15) is 43.0 Å². The highest BCUT2D eigenvalue weighted by Crippen LogP contribution is 2.31.